The van der Waals surface area contributed by atoms with E-state index in [1.807, 2.05) is 12.1 Å². The Balaban J connectivity index is 1.52. The Morgan fingerprint density at radius 1 is 1.29 bits per heavy atom. The van der Waals surface area contributed by atoms with E-state index in [0.29, 0.717) is 0 Å². The lowest BCUT2D eigenvalue weighted by atomic mass is 10.1. The Labute approximate surface area is 125 Å². The van der Waals surface area contributed by atoms with Crippen molar-refractivity contribution in [3.63, 3.8) is 0 Å². The molecule has 1 atom stereocenters. The van der Waals surface area contributed by atoms with Gasteiger partial charge >= 0.3 is 0 Å². The van der Waals surface area contributed by atoms with Gasteiger partial charge in [-0.15, -0.1) is 0 Å². The van der Waals surface area contributed by atoms with Crippen molar-refractivity contribution in [2.75, 3.05) is 44.7 Å². The van der Waals surface area contributed by atoms with E-state index in [9.17, 15) is 4.79 Å². The molecule has 5 nitrogen and oxygen atoms in total. The maximum Gasteiger partial charge on any atom is 0.228 e. The zero-order valence-electron chi connectivity index (χ0n) is 12.3. The van der Waals surface area contributed by atoms with Crippen LogP contribution in [0.5, 0.6) is 0 Å². The molecule has 1 amide bonds. The number of anilines is 1. The number of nitrogens with zero attached hydrogens (tertiary/aromatic N) is 1. The zero-order valence-corrected chi connectivity index (χ0v) is 12.3. The van der Waals surface area contributed by atoms with E-state index in [-0.39, 0.29) is 11.8 Å². The van der Waals surface area contributed by atoms with E-state index in [2.05, 4.69) is 27.7 Å². The van der Waals surface area contributed by atoms with E-state index in [1.165, 1.54) is 5.56 Å². The number of ether oxygens (including phenoxy) is 1. The minimum absolute atomic E-state index is 0.109. The summed E-state index contributed by atoms with van der Waals surface area (Å²) in [5.74, 6) is 0.235. The summed E-state index contributed by atoms with van der Waals surface area (Å²) in [5.41, 5.74) is 2.16. The lowest BCUT2D eigenvalue weighted by Crippen LogP contribution is -2.35. The van der Waals surface area contributed by atoms with Crippen LogP contribution < -0.4 is 10.6 Å². The molecule has 5 heteroatoms. The van der Waals surface area contributed by atoms with Gasteiger partial charge in [-0.05, 0) is 30.7 Å². The normalized spacial score (nSPS) is 23.1. The van der Waals surface area contributed by atoms with Crippen molar-refractivity contribution < 1.29 is 9.53 Å². The number of carbonyl (C=O) groups excluding carboxylic acids is 1. The van der Waals surface area contributed by atoms with Gasteiger partial charge in [0.1, 0.15) is 0 Å². The van der Waals surface area contributed by atoms with Gasteiger partial charge < -0.3 is 15.4 Å². The quantitative estimate of drug-likeness (QED) is 0.870. The Kier molecular flexibility index (Phi) is 4.85. The van der Waals surface area contributed by atoms with Crippen molar-refractivity contribution in [1.82, 2.24) is 10.2 Å². The molecular formula is C16H23N3O2. The van der Waals surface area contributed by atoms with E-state index < -0.39 is 0 Å². The molecule has 1 aromatic carbocycles. The van der Waals surface area contributed by atoms with Crippen molar-refractivity contribution >= 4 is 11.6 Å². The van der Waals surface area contributed by atoms with Crippen LogP contribution in [0.4, 0.5) is 5.69 Å². The van der Waals surface area contributed by atoms with Gasteiger partial charge in [0.05, 0.1) is 19.1 Å². The first-order valence-electron chi connectivity index (χ1n) is 7.72. The highest BCUT2D eigenvalue weighted by atomic mass is 16.5. The van der Waals surface area contributed by atoms with E-state index in [0.717, 1.165) is 58.0 Å². The van der Waals surface area contributed by atoms with Crippen molar-refractivity contribution in [2.45, 2.75) is 13.0 Å². The second kappa shape index (κ2) is 7.02. The second-order valence-corrected chi connectivity index (χ2v) is 5.76. The summed E-state index contributed by atoms with van der Waals surface area (Å²) < 4.78 is 5.35. The minimum Gasteiger partial charge on any atom is -0.379 e. The highest BCUT2D eigenvalue weighted by molar-refractivity contribution is 5.92. The lowest BCUT2D eigenvalue weighted by Gasteiger charge is -2.26. The lowest BCUT2D eigenvalue weighted by molar-refractivity contribution is -0.119. The third-order valence-electron chi connectivity index (χ3n) is 4.16. The number of morpholine rings is 1. The molecule has 2 aliphatic rings. The Morgan fingerprint density at radius 3 is 2.71 bits per heavy atom. The molecular weight excluding hydrogens is 266 g/mol. The number of hydrogen-bond donors (Lipinski definition) is 2. The first-order chi connectivity index (χ1) is 10.3. The number of hydrogen-bond acceptors (Lipinski definition) is 4. The Morgan fingerprint density at radius 2 is 2.05 bits per heavy atom. The third kappa shape index (κ3) is 4.03. The average Bonchev–Trinajstić information content (AvgIpc) is 3.05. The maximum atomic E-state index is 12.0. The molecule has 0 aromatic heterocycles. The van der Waals surface area contributed by atoms with Crippen LogP contribution in [0.3, 0.4) is 0 Å². The average molecular weight is 289 g/mol. The van der Waals surface area contributed by atoms with Crippen molar-refractivity contribution in [2.24, 2.45) is 5.92 Å². The first-order valence-corrected chi connectivity index (χ1v) is 7.72. The van der Waals surface area contributed by atoms with Gasteiger partial charge in [0.2, 0.25) is 5.91 Å². The van der Waals surface area contributed by atoms with Gasteiger partial charge in [-0.2, -0.15) is 0 Å². The van der Waals surface area contributed by atoms with Crippen LogP contribution in [0, 0.1) is 5.92 Å². The molecule has 2 N–H and O–H groups in total. The number of benzene rings is 1. The highest BCUT2D eigenvalue weighted by Crippen LogP contribution is 2.15. The van der Waals surface area contributed by atoms with E-state index in [1.54, 1.807) is 0 Å². The molecule has 1 unspecified atom stereocenters. The molecule has 114 valence electrons. The van der Waals surface area contributed by atoms with E-state index in [4.69, 9.17) is 4.74 Å². The topological polar surface area (TPSA) is 53.6 Å². The number of rotatable bonds is 4. The summed E-state index contributed by atoms with van der Waals surface area (Å²) in [5, 5.41) is 6.22. The van der Waals surface area contributed by atoms with Gasteiger partial charge in [-0.25, -0.2) is 0 Å². The van der Waals surface area contributed by atoms with Gasteiger partial charge in [-0.3, -0.25) is 9.69 Å². The summed E-state index contributed by atoms with van der Waals surface area (Å²) in [6.45, 7) is 6.31. The predicted octanol–water partition coefficient (Wildman–Crippen LogP) is 1.07. The van der Waals surface area contributed by atoms with Crippen LogP contribution in [-0.2, 0) is 16.1 Å². The molecule has 2 heterocycles. The molecule has 2 saturated heterocycles. The fourth-order valence-corrected chi connectivity index (χ4v) is 2.83. The van der Waals surface area contributed by atoms with Gasteiger partial charge in [0, 0.05) is 31.9 Å². The first kappa shape index (κ1) is 14.5. The molecule has 0 bridgehead atoms. The molecule has 21 heavy (non-hydrogen) atoms. The third-order valence-corrected chi connectivity index (χ3v) is 4.16. The SMILES string of the molecule is O=C(Nc1ccc(CN2CCOCC2)cc1)C1CCNC1. The van der Waals surface area contributed by atoms with Crippen LogP contribution in [0.1, 0.15) is 12.0 Å². The smallest absolute Gasteiger partial charge is 0.228 e. The van der Waals surface area contributed by atoms with Crippen LogP contribution in [0.2, 0.25) is 0 Å². The highest BCUT2D eigenvalue weighted by Gasteiger charge is 2.22. The fraction of sp³-hybridized carbons (Fsp3) is 0.562. The Bertz CT molecular complexity index is 463. The fourth-order valence-electron chi connectivity index (χ4n) is 2.83. The van der Waals surface area contributed by atoms with Crippen molar-refractivity contribution in [1.29, 1.82) is 0 Å². The van der Waals surface area contributed by atoms with Gasteiger partial charge in [-0.1, -0.05) is 12.1 Å². The number of carbonyl (C=O) groups is 1. The summed E-state index contributed by atoms with van der Waals surface area (Å²) >= 11 is 0. The molecule has 0 spiro atoms. The van der Waals surface area contributed by atoms with E-state index >= 15 is 0 Å². The second-order valence-electron chi connectivity index (χ2n) is 5.76. The van der Waals surface area contributed by atoms with Crippen molar-refractivity contribution in [3.05, 3.63) is 29.8 Å². The molecule has 2 aliphatic heterocycles. The number of amides is 1. The minimum atomic E-state index is 0.109. The molecule has 1 aromatic rings. The standard InChI is InChI=1S/C16H23N3O2/c20-16(14-5-6-17-11-14)18-15-3-1-13(2-4-15)12-19-7-9-21-10-8-19/h1-4,14,17H,5-12H2,(H,18,20). The summed E-state index contributed by atoms with van der Waals surface area (Å²) in [4.78, 5) is 14.4. The van der Waals surface area contributed by atoms with Gasteiger partial charge in [0.15, 0.2) is 0 Å². The molecule has 0 aliphatic carbocycles. The monoisotopic (exact) mass is 289 g/mol. The van der Waals surface area contributed by atoms with Crippen molar-refractivity contribution in [3.8, 4) is 0 Å². The zero-order chi connectivity index (χ0) is 14.5. The molecule has 0 radical (unpaired) electrons. The summed E-state index contributed by atoms with van der Waals surface area (Å²) in [6.07, 6.45) is 0.931. The summed E-state index contributed by atoms with van der Waals surface area (Å²) in [6, 6.07) is 8.18. The number of nitrogens with one attached hydrogen (secondary N) is 2. The molecule has 0 saturated carbocycles. The van der Waals surface area contributed by atoms with Crippen LogP contribution in [0.15, 0.2) is 24.3 Å². The summed E-state index contributed by atoms with van der Waals surface area (Å²) in [7, 11) is 0. The van der Waals surface area contributed by atoms with Gasteiger partial charge in [0.25, 0.3) is 0 Å². The predicted molar refractivity (Wildman–Crippen MR) is 82.1 cm³/mol. The van der Waals surface area contributed by atoms with Crippen LogP contribution in [-0.4, -0.2) is 50.2 Å². The molecule has 2 fully saturated rings. The van der Waals surface area contributed by atoms with Crippen LogP contribution >= 0.6 is 0 Å². The Hall–Kier alpha value is -1.43. The molecule has 3 rings (SSSR count). The van der Waals surface area contributed by atoms with Crippen LogP contribution in [0.25, 0.3) is 0 Å². The maximum absolute atomic E-state index is 12.0. The largest absolute Gasteiger partial charge is 0.379 e.